The summed E-state index contributed by atoms with van der Waals surface area (Å²) in [5, 5.41) is 27.4. The molecule has 0 bridgehead atoms. The summed E-state index contributed by atoms with van der Waals surface area (Å²) >= 11 is 0. The zero-order valence-electron chi connectivity index (χ0n) is 8.86. The molecule has 0 aliphatic rings. The fraction of sp³-hybridized carbons (Fsp3) is 0.900. The predicted molar refractivity (Wildman–Crippen MR) is 53.0 cm³/mol. The zero-order valence-corrected chi connectivity index (χ0v) is 8.86. The van der Waals surface area contributed by atoms with Crippen molar-refractivity contribution in [3.8, 4) is 0 Å². The number of aliphatic carboxylic acids is 1. The summed E-state index contributed by atoms with van der Waals surface area (Å²) < 4.78 is 0. The minimum atomic E-state index is -1.05. The molecule has 4 heteroatoms. The summed E-state index contributed by atoms with van der Waals surface area (Å²) in [7, 11) is 0. The third-order valence-corrected chi connectivity index (χ3v) is 2.96. The molecule has 3 N–H and O–H groups in total. The molecular formula is C10H20O4. The SMILES string of the molecule is CCC(CC)(C(=O)O)C(O)CCCO. The Morgan fingerprint density at radius 3 is 2.14 bits per heavy atom. The summed E-state index contributed by atoms with van der Waals surface area (Å²) in [5.41, 5.74) is -1.05. The molecule has 1 atom stereocenters. The molecular weight excluding hydrogens is 184 g/mol. The molecule has 84 valence electrons. The number of carbonyl (C=O) groups is 1. The fourth-order valence-corrected chi connectivity index (χ4v) is 1.73. The van der Waals surface area contributed by atoms with Gasteiger partial charge in [-0.05, 0) is 25.7 Å². The fourth-order valence-electron chi connectivity index (χ4n) is 1.73. The molecule has 0 amide bonds. The molecule has 0 aliphatic carbocycles. The van der Waals surface area contributed by atoms with Gasteiger partial charge in [0.15, 0.2) is 0 Å². The van der Waals surface area contributed by atoms with E-state index in [0.717, 1.165) is 0 Å². The molecule has 4 nitrogen and oxygen atoms in total. The molecule has 0 rings (SSSR count). The van der Waals surface area contributed by atoms with Crippen molar-refractivity contribution < 1.29 is 20.1 Å². The van der Waals surface area contributed by atoms with Gasteiger partial charge in [0.05, 0.1) is 11.5 Å². The van der Waals surface area contributed by atoms with Crippen LogP contribution < -0.4 is 0 Å². The smallest absolute Gasteiger partial charge is 0.312 e. The van der Waals surface area contributed by atoms with E-state index in [2.05, 4.69) is 0 Å². The lowest BCUT2D eigenvalue weighted by molar-refractivity contribution is -0.158. The lowest BCUT2D eigenvalue weighted by Gasteiger charge is -2.32. The molecule has 0 aromatic heterocycles. The number of rotatable bonds is 7. The van der Waals surface area contributed by atoms with Crippen LogP contribution in [0.15, 0.2) is 0 Å². The topological polar surface area (TPSA) is 77.8 Å². The van der Waals surface area contributed by atoms with E-state index >= 15 is 0 Å². The van der Waals surface area contributed by atoms with Crippen LogP contribution >= 0.6 is 0 Å². The van der Waals surface area contributed by atoms with Gasteiger partial charge in [0.2, 0.25) is 0 Å². The molecule has 0 aromatic carbocycles. The van der Waals surface area contributed by atoms with Gasteiger partial charge in [-0.2, -0.15) is 0 Å². The van der Waals surface area contributed by atoms with Gasteiger partial charge in [0, 0.05) is 6.61 Å². The normalized spacial score (nSPS) is 14.0. The highest BCUT2D eigenvalue weighted by molar-refractivity contribution is 5.75. The van der Waals surface area contributed by atoms with Gasteiger partial charge in [0.25, 0.3) is 0 Å². The van der Waals surface area contributed by atoms with Crippen molar-refractivity contribution in [1.82, 2.24) is 0 Å². The predicted octanol–water partition coefficient (Wildman–Crippen LogP) is 1.01. The highest BCUT2D eigenvalue weighted by atomic mass is 16.4. The Hall–Kier alpha value is -0.610. The van der Waals surface area contributed by atoms with Crippen molar-refractivity contribution in [2.24, 2.45) is 5.41 Å². The number of aliphatic hydroxyl groups excluding tert-OH is 2. The molecule has 0 radical (unpaired) electrons. The first-order valence-corrected chi connectivity index (χ1v) is 5.07. The van der Waals surface area contributed by atoms with Gasteiger partial charge in [-0.15, -0.1) is 0 Å². The Labute approximate surface area is 84.6 Å². The zero-order chi connectivity index (χ0) is 11.2. The quantitative estimate of drug-likeness (QED) is 0.578. The van der Waals surface area contributed by atoms with E-state index in [4.69, 9.17) is 10.2 Å². The van der Waals surface area contributed by atoms with Crippen molar-refractivity contribution in [2.75, 3.05) is 6.61 Å². The maximum Gasteiger partial charge on any atom is 0.312 e. The molecule has 0 fully saturated rings. The average Bonchev–Trinajstić information content (AvgIpc) is 2.17. The number of hydrogen-bond acceptors (Lipinski definition) is 3. The summed E-state index contributed by atoms with van der Waals surface area (Å²) in [4.78, 5) is 11.1. The first kappa shape index (κ1) is 13.4. The van der Waals surface area contributed by atoms with Crippen molar-refractivity contribution >= 4 is 5.97 Å². The number of carboxylic acids is 1. The first-order valence-electron chi connectivity index (χ1n) is 5.07. The largest absolute Gasteiger partial charge is 0.481 e. The Kier molecular flexibility index (Phi) is 5.72. The summed E-state index contributed by atoms with van der Waals surface area (Å²) in [6.45, 7) is 3.51. The molecule has 0 saturated heterocycles. The van der Waals surface area contributed by atoms with E-state index in [0.29, 0.717) is 25.7 Å². The Bertz CT molecular complexity index is 175. The molecule has 0 aliphatic heterocycles. The molecule has 0 spiro atoms. The minimum Gasteiger partial charge on any atom is -0.481 e. The van der Waals surface area contributed by atoms with E-state index in [1.807, 2.05) is 0 Å². The third-order valence-electron chi connectivity index (χ3n) is 2.96. The molecule has 0 saturated carbocycles. The van der Waals surface area contributed by atoms with Gasteiger partial charge in [-0.1, -0.05) is 13.8 Å². The summed E-state index contributed by atoms with van der Waals surface area (Å²) in [6.07, 6.45) is 0.722. The van der Waals surface area contributed by atoms with Crippen LogP contribution in [0.25, 0.3) is 0 Å². The van der Waals surface area contributed by atoms with Crippen LogP contribution in [0.3, 0.4) is 0 Å². The monoisotopic (exact) mass is 204 g/mol. The van der Waals surface area contributed by atoms with Crippen molar-refractivity contribution in [3.05, 3.63) is 0 Å². The second-order valence-electron chi connectivity index (χ2n) is 3.55. The van der Waals surface area contributed by atoms with E-state index in [1.165, 1.54) is 0 Å². The molecule has 0 aromatic rings. The van der Waals surface area contributed by atoms with Crippen molar-refractivity contribution in [2.45, 2.75) is 45.6 Å². The van der Waals surface area contributed by atoms with E-state index in [9.17, 15) is 9.90 Å². The van der Waals surface area contributed by atoms with Crippen LogP contribution in [0.1, 0.15) is 39.5 Å². The lowest BCUT2D eigenvalue weighted by Crippen LogP contribution is -2.41. The first-order chi connectivity index (χ1) is 6.55. The van der Waals surface area contributed by atoms with Gasteiger partial charge < -0.3 is 15.3 Å². The molecule has 0 heterocycles. The highest BCUT2D eigenvalue weighted by Gasteiger charge is 2.41. The van der Waals surface area contributed by atoms with Crippen molar-refractivity contribution in [3.63, 3.8) is 0 Å². The van der Waals surface area contributed by atoms with Crippen LogP contribution in [-0.4, -0.2) is 34.0 Å². The molecule has 1 unspecified atom stereocenters. The van der Waals surface area contributed by atoms with Crippen molar-refractivity contribution in [1.29, 1.82) is 0 Å². The van der Waals surface area contributed by atoms with E-state index < -0.39 is 17.5 Å². The highest BCUT2D eigenvalue weighted by Crippen LogP contribution is 2.33. The van der Waals surface area contributed by atoms with Gasteiger partial charge in [0.1, 0.15) is 0 Å². The number of carboxylic acid groups (broad SMARTS) is 1. The van der Waals surface area contributed by atoms with Gasteiger partial charge >= 0.3 is 5.97 Å². The second-order valence-corrected chi connectivity index (χ2v) is 3.55. The Morgan fingerprint density at radius 1 is 1.36 bits per heavy atom. The van der Waals surface area contributed by atoms with Crippen LogP contribution in [0.5, 0.6) is 0 Å². The second kappa shape index (κ2) is 5.98. The van der Waals surface area contributed by atoms with Gasteiger partial charge in [-0.3, -0.25) is 4.79 Å². The lowest BCUT2D eigenvalue weighted by atomic mass is 9.75. The van der Waals surface area contributed by atoms with Crippen LogP contribution in [0.4, 0.5) is 0 Å². The van der Waals surface area contributed by atoms with Crippen LogP contribution in [0.2, 0.25) is 0 Å². The molecule has 14 heavy (non-hydrogen) atoms. The standard InChI is InChI=1S/C10H20O4/c1-3-10(4-2,9(13)14)8(12)6-5-7-11/h8,11-12H,3-7H2,1-2H3,(H,13,14). The Balaban J connectivity index is 4.53. The minimum absolute atomic E-state index is 0.0137. The Morgan fingerprint density at radius 2 is 1.86 bits per heavy atom. The summed E-state index contributed by atoms with van der Waals surface area (Å²) in [6, 6.07) is 0. The van der Waals surface area contributed by atoms with Crippen LogP contribution in [-0.2, 0) is 4.79 Å². The maximum atomic E-state index is 11.1. The van der Waals surface area contributed by atoms with Gasteiger partial charge in [-0.25, -0.2) is 0 Å². The van der Waals surface area contributed by atoms with Crippen LogP contribution in [0, 0.1) is 5.41 Å². The van der Waals surface area contributed by atoms with E-state index in [-0.39, 0.29) is 6.61 Å². The average molecular weight is 204 g/mol. The summed E-state index contributed by atoms with van der Waals surface area (Å²) in [5.74, 6) is -0.951. The maximum absolute atomic E-state index is 11.1. The van der Waals surface area contributed by atoms with E-state index in [1.54, 1.807) is 13.8 Å². The number of hydrogen-bond donors (Lipinski definition) is 3. The number of aliphatic hydroxyl groups is 2. The third kappa shape index (κ3) is 2.69.